The molecule has 1 fully saturated rings. The molecule has 39 heavy (non-hydrogen) atoms. The van der Waals surface area contributed by atoms with Crippen molar-refractivity contribution in [3.63, 3.8) is 0 Å². The van der Waals surface area contributed by atoms with Crippen molar-refractivity contribution in [1.82, 2.24) is 4.90 Å². The molecule has 1 saturated heterocycles. The molecular weight excluding hydrogens is 532 g/mol. The van der Waals surface area contributed by atoms with Gasteiger partial charge < -0.3 is 19.4 Å². The van der Waals surface area contributed by atoms with Gasteiger partial charge in [0.05, 0.1) is 30.2 Å². The number of alkyl halides is 6. The minimum absolute atomic E-state index is 0.00434. The molecule has 0 saturated carbocycles. The second-order valence-corrected chi connectivity index (χ2v) is 9.50. The number of hydrogen-bond donors (Lipinski definition) is 0. The highest BCUT2D eigenvalue weighted by atomic mass is 19.4. The SMILES string of the molecule is COc1ccc(C(=O)[O-])cc1C1=C(CN2C(=O)O[C@H](c3cc(C(F)(F)F)cc(C(F)(F)F)c3)[C@@H]2C)CCCC1. The Morgan fingerprint density at radius 1 is 1.03 bits per heavy atom. The van der Waals surface area contributed by atoms with Gasteiger partial charge in [-0.2, -0.15) is 26.3 Å². The van der Waals surface area contributed by atoms with Gasteiger partial charge in [0, 0.05) is 12.1 Å². The van der Waals surface area contributed by atoms with Gasteiger partial charge in [-0.3, -0.25) is 4.90 Å². The molecule has 12 heteroatoms. The smallest absolute Gasteiger partial charge is 0.416 e. The molecule has 1 amide bonds. The molecule has 4 rings (SSSR count). The van der Waals surface area contributed by atoms with Crippen LogP contribution in [-0.2, 0) is 17.1 Å². The summed E-state index contributed by atoms with van der Waals surface area (Å²) in [6, 6.07) is 4.52. The van der Waals surface area contributed by atoms with Gasteiger partial charge >= 0.3 is 18.4 Å². The van der Waals surface area contributed by atoms with Gasteiger partial charge in [0.1, 0.15) is 11.9 Å². The Morgan fingerprint density at radius 3 is 2.21 bits per heavy atom. The highest BCUT2D eigenvalue weighted by Gasteiger charge is 2.43. The predicted octanol–water partition coefficient (Wildman–Crippen LogP) is 6.01. The average Bonchev–Trinajstić information content (AvgIpc) is 3.15. The Hall–Kier alpha value is -3.70. The summed E-state index contributed by atoms with van der Waals surface area (Å²) in [5.41, 5.74) is -1.44. The molecule has 0 unspecified atom stereocenters. The molecule has 2 aromatic rings. The maximum Gasteiger partial charge on any atom is 0.416 e. The third-order valence-electron chi connectivity index (χ3n) is 7.03. The van der Waals surface area contributed by atoms with Crippen molar-refractivity contribution in [3.05, 3.63) is 69.8 Å². The third kappa shape index (κ3) is 5.84. The van der Waals surface area contributed by atoms with Crippen LogP contribution in [-0.4, -0.2) is 36.7 Å². The number of benzene rings is 2. The van der Waals surface area contributed by atoms with Crippen molar-refractivity contribution >= 4 is 17.6 Å². The lowest BCUT2D eigenvalue weighted by Crippen LogP contribution is -2.34. The van der Waals surface area contributed by atoms with Crippen LogP contribution in [0, 0.1) is 0 Å². The number of carbonyl (C=O) groups is 2. The third-order valence-corrected chi connectivity index (χ3v) is 7.03. The molecule has 0 N–H and O–H groups in total. The van der Waals surface area contributed by atoms with Gasteiger partial charge in [-0.05, 0) is 91.3 Å². The molecular formula is C27H24F6NO5-. The van der Waals surface area contributed by atoms with Crippen LogP contribution in [0.2, 0.25) is 0 Å². The molecule has 0 aromatic heterocycles. The van der Waals surface area contributed by atoms with E-state index in [4.69, 9.17) is 9.47 Å². The van der Waals surface area contributed by atoms with E-state index < -0.39 is 53.3 Å². The summed E-state index contributed by atoms with van der Waals surface area (Å²) in [4.78, 5) is 25.5. The van der Waals surface area contributed by atoms with Crippen molar-refractivity contribution < 1.29 is 50.5 Å². The number of methoxy groups -OCH3 is 1. The topological polar surface area (TPSA) is 78.9 Å². The number of rotatable bonds is 6. The van der Waals surface area contributed by atoms with E-state index in [0.717, 1.165) is 24.0 Å². The molecule has 1 aliphatic heterocycles. The summed E-state index contributed by atoms with van der Waals surface area (Å²) in [5, 5.41) is 11.4. The highest BCUT2D eigenvalue weighted by molar-refractivity contribution is 5.88. The number of aromatic carboxylic acids is 1. The predicted molar refractivity (Wildman–Crippen MR) is 125 cm³/mol. The lowest BCUT2D eigenvalue weighted by Gasteiger charge is -2.28. The highest BCUT2D eigenvalue weighted by Crippen LogP contribution is 2.42. The second kappa shape index (κ2) is 10.5. The monoisotopic (exact) mass is 556 g/mol. The standard InChI is InChI=1S/C27H25F6NO5/c1-14-23(17-9-18(26(28,29)30)12-19(10-17)27(31,32)33)39-25(37)34(14)13-16-5-3-4-6-20(16)21-11-15(24(35)36)7-8-22(21)38-2/h7-12,14,23H,3-6,13H2,1-2H3,(H,35,36)/p-1/t14-,23-/m0/s1. The molecule has 6 nitrogen and oxygen atoms in total. The van der Waals surface area contributed by atoms with E-state index in [1.165, 1.54) is 37.1 Å². The van der Waals surface area contributed by atoms with Crippen molar-refractivity contribution in [1.29, 1.82) is 0 Å². The zero-order valence-electron chi connectivity index (χ0n) is 20.9. The zero-order chi connectivity index (χ0) is 28.7. The molecule has 0 bridgehead atoms. The number of allylic oxidation sites excluding steroid dienone is 1. The fraction of sp³-hybridized carbons (Fsp3) is 0.407. The van der Waals surface area contributed by atoms with Crippen molar-refractivity contribution in [3.8, 4) is 5.75 Å². The van der Waals surface area contributed by atoms with Crippen molar-refractivity contribution in [2.24, 2.45) is 0 Å². The number of carboxylic acids is 1. The van der Waals surface area contributed by atoms with E-state index >= 15 is 0 Å². The molecule has 2 aliphatic rings. The van der Waals surface area contributed by atoms with Crippen molar-refractivity contribution in [2.75, 3.05) is 13.7 Å². The fourth-order valence-corrected chi connectivity index (χ4v) is 5.05. The van der Waals surface area contributed by atoms with Gasteiger partial charge in [-0.25, -0.2) is 4.79 Å². The normalized spacial score (nSPS) is 20.3. The quantitative estimate of drug-likeness (QED) is 0.408. The fourth-order valence-electron chi connectivity index (χ4n) is 5.05. The molecule has 2 aromatic carbocycles. The number of amides is 1. The first-order valence-corrected chi connectivity index (χ1v) is 12.1. The first kappa shape index (κ1) is 28.3. The van der Waals surface area contributed by atoms with Crippen LogP contribution in [0.5, 0.6) is 5.75 Å². The minimum Gasteiger partial charge on any atom is -0.545 e. The van der Waals surface area contributed by atoms with Crippen LogP contribution >= 0.6 is 0 Å². The molecule has 0 spiro atoms. The summed E-state index contributed by atoms with van der Waals surface area (Å²) in [7, 11) is 1.43. The molecule has 2 atom stereocenters. The average molecular weight is 556 g/mol. The zero-order valence-corrected chi connectivity index (χ0v) is 20.9. The van der Waals surface area contributed by atoms with Crippen LogP contribution in [0.4, 0.5) is 31.1 Å². The Kier molecular flexibility index (Phi) is 7.59. The maximum atomic E-state index is 13.4. The Labute approximate surface area is 219 Å². The Balaban J connectivity index is 1.70. The van der Waals surface area contributed by atoms with Crippen LogP contribution in [0.1, 0.15) is 71.3 Å². The summed E-state index contributed by atoms with van der Waals surface area (Å²) in [5.74, 6) is -0.969. The van der Waals surface area contributed by atoms with E-state index in [0.29, 0.717) is 36.3 Å². The molecule has 1 heterocycles. The molecule has 210 valence electrons. The van der Waals surface area contributed by atoms with Crippen LogP contribution in [0.25, 0.3) is 5.57 Å². The van der Waals surface area contributed by atoms with E-state index in [1.54, 1.807) is 0 Å². The van der Waals surface area contributed by atoms with Crippen LogP contribution in [0.15, 0.2) is 42.0 Å². The van der Waals surface area contributed by atoms with Gasteiger partial charge in [0.2, 0.25) is 0 Å². The summed E-state index contributed by atoms with van der Waals surface area (Å²) >= 11 is 0. The lowest BCUT2D eigenvalue weighted by molar-refractivity contribution is -0.255. The van der Waals surface area contributed by atoms with Crippen LogP contribution in [0.3, 0.4) is 0 Å². The van der Waals surface area contributed by atoms with Crippen LogP contribution < -0.4 is 9.84 Å². The van der Waals surface area contributed by atoms with Crippen molar-refractivity contribution in [2.45, 2.75) is 57.1 Å². The first-order chi connectivity index (χ1) is 18.2. The lowest BCUT2D eigenvalue weighted by atomic mass is 9.85. The largest absolute Gasteiger partial charge is 0.545 e. The molecule has 1 aliphatic carbocycles. The summed E-state index contributed by atoms with van der Waals surface area (Å²) < 4.78 is 91.0. The number of hydrogen-bond acceptors (Lipinski definition) is 5. The second-order valence-electron chi connectivity index (χ2n) is 9.50. The van der Waals surface area contributed by atoms with Gasteiger partial charge in [-0.15, -0.1) is 0 Å². The Bertz CT molecular complexity index is 1280. The maximum absolute atomic E-state index is 13.4. The minimum atomic E-state index is -5.04. The number of halogens is 6. The van der Waals surface area contributed by atoms with E-state index in [-0.39, 0.29) is 18.2 Å². The molecule has 0 radical (unpaired) electrons. The van der Waals surface area contributed by atoms with E-state index in [1.807, 2.05) is 0 Å². The summed E-state index contributed by atoms with van der Waals surface area (Å²) in [6.45, 7) is 1.49. The van der Waals surface area contributed by atoms with E-state index in [9.17, 15) is 41.0 Å². The van der Waals surface area contributed by atoms with Gasteiger partial charge in [0.25, 0.3) is 0 Å². The first-order valence-electron chi connectivity index (χ1n) is 12.1. The Morgan fingerprint density at radius 2 is 1.64 bits per heavy atom. The summed E-state index contributed by atoms with van der Waals surface area (Å²) in [6.07, 6.45) is -9.70. The number of cyclic esters (lactones) is 1. The number of carboxylic acid groups (broad SMARTS) is 1. The number of nitrogens with zero attached hydrogens (tertiary/aromatic N) is 1. The van der Waals surface area contributed by atoms with E-state index in [2.05, 4.69) is 0 Å². The number of carbonyl (C=O) groups excluding carboxylic acids is 2. The van der Waals surface area contributed by atoms with Gasteiger partial charge in [-0.1, -0.05) is 0 Å². The van der Waals surface area contributed by atoms with Gasteiger partial charge in [0.15, 0.2) is 0 Å². The number of ether oxygens (including phenoxy) is 2.